The van der Waals surface area contributed by atoms with Crippen LogP contribution in [-0.2, 0) is 23.8 Å². The van der Waals surface area contributed by atoms with Crippen molar-refractivity contribution in [3.05, 3.63) is 45.5 Å². The van der Waals surface area contributed by atoms with E-state index in [1.165, 1.54) is 20.1 Å². The van der Waals surface area contributed by atoms with Crippen LogP contribution in [0, 0.1) is 11.3 Å². The number of nitrogens with zero attached hydrogens (tertiary/aromatic N) is 1. The molecule has 0 amide bonds. The van der Waals surface area contributed by atoms with Crippen molar-refractivity contribution in [2.75, 3.05) is 20.3 Å². The SMILES string of the molecule is CCOC(=O)C1=C(C)OC(N)=C(C#N)C1c1cc(Cl)c(OC(C)C(=O)OCC)c(OC)c1. The van der Waals surface area contributed by atoms with Crippen LogP contribution in [0.5, 0.6) is 11.5 Å². The fourth-order valence-electron chi connectivity index (χ4n) is 3.19. The molecule has 0 aromatic heterocycles. The third kappa shape index (κ3) is 5.08. The summed E-state index contributed by atoms with van der Waals surface area (Å²) in [7, 11) is 1.39. The lowest BCUT2D eigenvalue weighted by atomic mass is 9.83. The molecule has 1 aromatic carbocycles. The zero-order valence-corrected chi connectivity index (χ0v) is 19.2. The molecule has 32 heavy (non-hydrogen) atoms. The largest absolute Gasteiger partial charge is 0.493 e. The molecule has 172 valence electrons. The van der Waals surface area contributed by atoms with Gasteiger partial charge in [-0.3, -0.25) is 0 Å². The van der Waals surface area contributed by atoms with Crippen molar-refractivity contribution in [3.8, 4) is 17.6 Å². The Kier molecular flexibility index (Phi) is 8.38. The minimum absolute atomic E-state index is 0.0188. The van der Waals surface area contributed by atoms with E-state index < -0.39 is 24.0 Å². The monoisotopic (exact) mass is 464 g/mol. The minimum Gasteiger partial charge on any atom is -0.493 e. The second-order valence-electron chi connectivity index (χ2n) is 6.66. The summed E-state index contributed by atoms with van der Waals surface area (Å²) in [6.45, 7) is 6.75. The van der Waals surface area contributed by atoms with Crippen LogP contribution in [0.25, 0.3) is 0 Å². The number of nitrogens with two attached hydrogens (primary N) is 1. The van der Waals surface area contributed by atoms with Crippen LogP contribution in [0.15, 0.2) is 34.9 Å². The van der Waals surface area contributed by atoms with Crippen molar-refractivity contribution in [1.82, 2.24) is 0 Å². The normalized spacial score (nSPS) is 16.6. The van der Waals surface area contributed by atoms with E-state index in [2.05, 4.69) is 0 Å². The van der Waals surface area contributed by atoms with Gasteiger partial charge in [0.25, 0.3) is 0 Å². The van der Waals surface area contributed by atoms with Crippen molar-refractivity contribution >= 4 is 23.5 Å². The van der Waals surface area contributed by atoms with Crippen LogP contribution in [-0.4, -0.2) is 38.4 Å². The summed E-state index contributed by atoms with van der Waals surface area (Å²) < 4.78 is 26.6. The molecular formula is C22H25ClN2O7. The van der Waals surface area contributed by atoms with E-state index in [-0.39, 0.29) is 52.5 Å². The first-order chi connectivity index (χ1) is 15.2. The number of rotatable bonds is 8. The van der Waals surface area contributed by atoms with E-state index in [1.54, 1.807) is 26.8 Å². The molecule has 1 aliphatic heterocycles. The molecular weight excluding hydrogens is 440 g/mol. The van der Waals surface area contributed by atoms with Gasteiger partial charge in [-0.05, 0) is 45.4 Å². The Morgan fingerprint density at radius 1 is 1.28 bits per heavy atom. The molecule has 0 radical (unpaired) electrons. The first-order valence-corrected chi connectivity index (χ1v) is 10.2. The second kappa shape index (κ2) is 10.8. The minimum atomic E-state index is -0.947. The summed E-state index contributed by atoms with van der Waals surface area (Å²) in [4.78, 5) is 24.6. The summed E-state index contributed by atoms with van der Waals surface area (Å²) in [5.41, 5.74) is 6.48. The molecule has 10 heteroatoms. The van der Waals surface area contributed by atoms with Gasteiger partial charge < -0.3 is 29.4 Å². The Bertz CT molecular complexity index is 1010. The van der Waals surface area contributed by atoms with Gasteiger partial charge >= 0.3 is 11.9 Å². The van der Waals surface area contributed by atoms with Crippen molar-refractivity contribution in [2.24, 2.45) is 5.73 Å². The third-order valence-corrected chi connectivity index (χ3v) is 4.88. The van der Waals surface area contributed by atoms with Crippen LogP contribution in [0.2, 0.25) is 5.02 Å². The van der Waals surface area contributed by atoms with Crippen molar-refractivity contribution < 1.29 is 33.3 Å². The lowest BCUT2D eigenvalue weighted by molar-refractivity contribution is -0.150. The zero-order chi connectivity index (χ0) is 24.0. The third-order valence-electron chi connectivity index (χ3n) is 4.60. The molecule has 9 nitrogen and oxygen atoms in total. The molecule has 2 rings (SSSR count). The van der Waals surface area contributed by atoms with Crippen LogP contribution in [0.4, 0.5) is 0 Å². The number of allylic oxidation sites excluding steroid dienone is 2. The van der Waals surface area contributed by atoms with Gasteiger partial charge in [0.05, 0.1) is 36.8 Å². The van der Waals surface area contributed by atoms with E-state index >= 15 is 0 Å². The number of ether oxygens (including phenoxy) is 5. The van der Waals surface area contributed by atoms with Gasteiger partial charge in [-0.15, -0.1) is 0 Å². The summed E-state index contributed by atoms with van der Waals surface area (Å²) in [5, 5.41) is 9.80. The number of benzene rings is 1. The molecule has 2 N–H and O–H groups in total. The van der Waals surface area contributed by atoms with E-state index in [0.29, 0.717) is 5.56 Å². The van der Waals surface area contributed by atoms with Gasteiger partial charge in [-0.2, -0.15) is 5.26 Å². The summed E-state index contributed by atoms with van der Waals surface area (Å²) >= 11 is 6.46. The van der Waals surface area contributed by atoms with Gasteiger partial charge in [-0.1, -0.05) is 11.6 Å². The van der Waals surface area contributed by atoms with Crippen molar-refractivity contribution in [1.29, 1.82) is 5.26 Å². The highest BCUT2D eigenvalue weighted by atomic mass is 35.5. The number of hydrogen-bond acceptors (Lipinski definition) is 9. The fourth-order valence-corrected chi connectivity index (χ4v) is 3.46. The fraction of sp³-hybridized carbons (Fsp3) is 0.409. The predicted octanol–water partition coefficient (Wildman–Crippen LogP) is 3.32. The quantitative estimate of drug-likeness (QED) is 0.575. The molecule has 0 bridgehead atoms. The Morgan fingerprint density at radius 2 is 1.94 bits per heavy atom. The standard InChI is InChI=1S/C22H25ClN2O7/c1-6-29-21(26)12(4)31-19-15(23)8-13(9-16(19)28-5)18-14(10-24)20(25)32-11(3)17(18)22(27)30-7-2/h8-9,12,18H,6-7,25H2,1-5H3. The van der Waals surface area contributed by atoms with Crippen molar-refractivity contribution in [3.63, 3.8) is 0 Å². The van der Waals surface area contributed by atoms with E-state index in [9.17, 15) is 14.9 Å². The molecule has 1 aromatic rings. The molecule has 1 aliphatic rings. The number of methoxy groups -OCH3 is 1. The molecule has 2 unspecified atom stereocenters. The Hall–Kier alpha value is -3.38. The van der Waals surface area contributed by atoms with Gasteiger partial charge in [-0.25, -0.2) is 9.59 Å². The lowest BCUT2D eigenvalue weighted by Crippen LogP contribution is -2.27. The number of esters is 2. The number of hydrogen-bond donors (Lipinski definition) is 1. The maximum Gasteiger partial charge on any atom is 0.347 e. The van der Waals surface area contributed by atoms with Gasteiger partial charge in [0.15, 0.2) is 17.6 Å². The maximum absolute atomic E-state index is 12.7. The molecule has 1 heterocycles. The summed E-state index contributed by atoms with van der Waals surface area (Å²) in [6, 6.07) is 5.05. The highest BCUT2D eigenvalue weighted by molar-refractivity contribution is 6.32. The lowest BCUT2D eigenvalue weighted by Gasteiger charge is -2.27. The van der Waals surface area contributed by atoms with Gasteiger partial charge in [0, 0.05) is 0 Å². The van der Waals surface area contributed by atoms with Crippen molar-refractivity contribution in [2.45, 2.75) is 39.7 Å². The van der Waals surface area contributed by atoms with Crippen LogP contribution in [0.3, 0.4) is 0 Å². The average molecular weight is 465 g/mol. The Balaban J connectivity index is 2.60. The van der Waals surface area contributed by atoms with E-state index in [4.69, 9.17) is 41.0 Å². The number of halogens is 1. The van der Waals surface area contributed by atoms with E-state index in [0.717, 1.165) is 0 Å². The first kappa shape index (κ1) is 24.9. The predicted molar refractivity (Wildman–Crippen MR) is 115 cm³/mol. The molecule has 0 fully saturated rings. The molecule has 0 spiro atoms. The van der Waals surface area contributed by atoms with Gasteiger partial charge in [0.2, 0.25) is 5.88 Å². The highest BCUT2D eigenvalue weighted by Gasteiger charge is 2.37. The number of carbonyl (C=O) groups is 2. The summed E-state index contributed by atoms with van der Waals surface area (Å²) in [6.07, 6.45) is -0.947. The molecule has 0 saturated carbocycles. The first-order valence-electron chi connectivity index (χ1n) is 9.86. The average Bonchev–Trinajstić information content (AvgIpc) is 2.74. The summed E-state index contributed by atoms with van der Waals surface area (Å²) in [5.74, 6) is -1.75. The molecule has 0 aliphatic carbocycles. The van der Waals surface area contributed by atoms with Gasteiger partial charge in [0.1, 0.15) is 17.4 Å². The van der Waals surface area contributed by atoms with Crippen LogP contribution >= 0.6 is 11.6 Å². The Labute approximate surface area is 191 Å². The second-order valence-corrected chi connectivity index (χ2v) is 7.07. The zero-order valence-electron chi connectivity index (χ0n) is 18.5. The molecule has 2 atom stereocenters. The maximum atomic E-state index is 12.7. The van der Waals surface area contributed by atoms with E-state index in [1.807, 2.05) is 6.07 Å². The van der Waals surface area contributed by atoms with Crippen LogP contribution in [0.1, 0.15) is 39.2 Å². The number of carbonyl (C=O) groups excluding carboxylic acids is 2. The topological polar surface area (TPSA) is 130 Å². The Morgan fingerprint density at radius 3 is 2.50 bits per heavy atom. The smallest absolute Gasteiger partial charge is 0.347 e. The number of nitriles is 1. The van der Waals surface area contributed by atoms with Crippen LogP contribution < -0.4 is 15.2 Å². The molecule has 0 saturated heterocycles. The highest BCUT2D eigenvalue weighted by Crippen LogP contribution is 2.45.